The van der Waals surface area contributed by atoms with Crippen LogP contribution in [0.5, 0.6) is 0 Å². The molecule has 1 fully saturated rings. The zero-order valence-electron chi connectivity index (χ0n) is 9.34. The Morgan fingerprint density at radius 1 is 1.22 bits per heavy atom. The maximum absolute atomic E-state index is 13.5. The third kappa shape index (κ3) is 2.67. The summed E-state index contributed by atoms with van der Waals surface area (Å²) in [5.41, 5.74) is -0.162. The first kappa shape index (κ1) is 13.8. The van der Waals surface area contributed by atoms with Gasteiger partial charge in [0.15, 0.2) is 0 Å². The Morgan fingerprint density at radius 3 is 2.39 bits per heavy atom. The van der Waals surface area contributed by atoms with Crippen LogP contribution in [0.15, 0.2) is 18.2 Å². The van der Waals surface area contributed by atoms with Crippen LogP contribution in [0, 0.1) is 11.6 Å². The van der Waals surface area contributed by atoms with Crippen molar-refractivity contribution in [3.05, 3.63) is 35.4 Å². The molecule has 1 aliphatic heterocycles. The van der Waals surface area contributed by atoms with Gasteiger partial charge in [-0.1, -0.05) is 6.07 Å². The van der Waals surface area contributed by atoms with Gasteiger partial charge in [0.1, 0.15) is 22.3 Å². The SMILES string of the molecule is O=[S@@]1CCC[S@@](=O)C1[C@H](O)c1ccc(F)cc1F. The van der Waals surface area contributed by atoms with Gasteiger partial charge in [0, 0.05) is 44.7 Å². The van der Waals surface area contributed by atoms with Crippen molar-refractivity contribution in [2.45, 2.75) is 17.1 Å². The summed E-state index contributed by atoms with van der Waals surface area (Å²) >= 11 is 0. The summed E-state index contributed by atoms with van der Waals surface area (Å²) in [7, 11) is -2.93. The number of aliphatic hydroxyl groups excluding tert-OH is 1. The van der Waals surface area contributed by atoms with E-state index in [4.69, 9.17) is 0 Å². The van der Waals surface area contributed by atoms with E-state index in [2.05, 4.69) is 0 Å². The summed E-state index contributed by atoms with van der Waals surface area (Å²) in [4.78, 5) is 0. The normalized spacial score (nSPS) is 27.1. The van der Waals surface area contributed by atoms with E-state index in [0.717, 1.165) is 12.1 Å². The molecule has 18 heavy (non-hydrogen) atoms. The third-order valence-corrected chi connectivity index (χ3v) is 6.97. The van der Waals surface area contributed by atoms with Crippen LogP contribution in [0.2, 0.25) is 0 Å². The first-order valence-corrected chi connectivity index (χ1v) is 8.14. The Bertz CT molecular complexity index is 491. The molecule has 0 unspecified atom stereocenters. The van der Waals surface area contributed by atoms with Gasteiger partial charge in [-0.25, -0.2) is 8.78 Å². The average Bonchev–Trinajstić information content (AvgIpc) is 2.28. The van der Waals surface area contributed by atoms with Crippen LogP contribution >= 0.6 is 0 Å². The van der Waals surface area contributed by atoms with E-state index in [1.807, 2.05) is 0 Å². The van der Waals surface area contributed by atoms with Crippen LogP contribution in [-0.4, -0.2) is 29.6 Å². The van der Waals surface area contributed by atoms with Gasteiger partial charge < -0.3 is 5.11 Å². The lowest BCUT2D eigenvalue weighted by Gasteiger charge is -2.25. The lowest BCUT2D eigenvalue weighted by atomic mass is 10.1. The van der Waals surface area contributed by atoms with Crippen LogP contribution < -0.4 is 0 Å². The molecule has 3 atom stereocenters. The van der Waals surface area contributed by atoms with E-state index in [1.54, 1.807) is 0 Å². The number of hydrogen-bond acceptors (Lipinski definition) is 3. The van der Waals surface area contributed by atoms with Crippen LogP contribution in [0.25, 0.3) is 0 Å². The molecule has 1 aromatic carbocycles. The second-order valence-electron chi connectivity index (χ2n) is 4.00. The van der Waals surface area contributed by atoms with Crippen molar-refractivity contribution >= 4 is 21.6 Å². The highest BCUT2D eigenvalue weighted by Crippen LogP contribution is 2.28. The second-order valence-corrected chi connectivity index (χ2v) is 7.66. The molecule has 0 saturated carbocycles. The molecule has 100 valence electrons. The number of halogens is 2. The Morgan fingerprint density at radius 2 is 1.83 bits per heavy atom. The van der Waals surface area contributed by atoms with Crippen molar-refractivity contribution in [3.63, 3.8) is 0 Å². The molecular weight excluding hydrogens is 282 g/mol. The van der Waals surface area contributed by atoms with Gasteiger partial charge >= 0.3 is 0 Å². The molecule has 1 heterocycles. The standard InChI is InChI=1S/C11H12F2O3S2/c12-7-2-3-8(9(13)6-7)10(14)11-17(15)4-1-5-18(11)16/h2-3,6,10-11,14H,1,4-5H2/t10-,17-,18-/m1/s1. The largest absolute Gasteiger partial charge is 0.386 e. The molecular formula is C11H12F2O3S2. The molecule has 2 rings (SSSR count). The Kier molecular flexibility index (Phi) is 4.24. The van der Waals surface area contributed by atoms with Crippen LogP contribution in [0.3, 0.4) is 0 Å². The smallest absolute Gasteiger partial charge is 0.140 e. The van der Waals surface area contributed by atoms with Crippen molar-refractivity contribution in [1.29, 1.82) is 0 Å². The minimum absolute atomic E-state index is 0.162. The first-order chi connectivity index (χ1) is 8.50. The number of benzene rings is 1. The summed E-state index contributed by atoms with van der Waals surface area (Å²) in [6, 6.07) is 2.75. The summed E-state index contributed by atoms with van der Waals surface area (Å²) in [5, 5.41) is 10.0. The molecule has 1 N–H and O–H groups in total. The van der Waals surface area contributed by atoms with E-state index in [0.29, 0.717) is 24.0 Å². The third-order valence-electron chi connectivity index (χ3n) is 2.75. The van der Waals surface area contributed by atoms with E-state index in [1.165, 1.54) is 0 Å². The van der Waals surface area contributed by atoms with Crippen molar-refractivity contribution in [2.24, 2.45) is 0 Å². The molecule has 1 aliphatic rings. The van der Waals surface area contributed by atoms with E-state index < -0.39 is 43.9 Å². The van der Waals surface area contributed by atoms with Crippen LogP contribution in [0.1, 0.15) is 18.1 Å². The van der Waals surface area contributed by atoms with E-state index in [9.17, 15) is 22.3 Å². The van der Waals surface area contributed by atoms with Crippen molar-refractivity contribution in [1.82, 2.24) is 0 Å². The average molecular weight is 294 g/mol. The minimum Gasteiger partial charge on any atom is -0.386 e. The second kappa shape index (κ2) is 5.54. The molecule has 1 saturated heterocycles. The highest BCUT2D eigenvalue weighted by Gasteiger charge is 2.36. The molecule has 0 amide bonds. The summed E-state index contributed by atoms with van der Waals surface area (Å²) in [6.45, 7) is 0. The van der Waals surface area contributed by atoms with Gasteiger partial charge in [0.2, 0.25) is 0 Å². The molecule has 0 radical (unpaired) electrons. The monoisotopic (exact) mass is 294 g/mol. The maximum atomic E-state index is 13.5. The Hall–Kier alpha value is -0.660. The number of hydrogen-bond donors (Lipinski definition) is 1. The predicted octanol–water partition coefficient (Wildman–Crippen LogP) is 1.23. The van der Waals surface area contributed by atoms with Crippen molar-refractivity contribution < 1.29 is 22.3 Å². The van der Waals surface area contributed by atoms with Crippen molar-refractivity contribution in [2.75, 3.05) is 11.5 Å². The molecule has 7 heteroatoms. The lowest BCUT2D eigenvalue weighted by molar-refractivity contribution is 0.188. The fraction of sp³-hybridized carbons (Fsp3) is 0.455. The van der Waals surface area contributed by atoms with Gasteiger partial charge in [-0.15, -0.1) is 0 Å². The summed E-state index contributed by atoms with van der Waals surface area (Å²) < 4.78 is 48.8. The maximum Gasteiger partial charge on any atom is 0.140 e. The topological polar surface area (TPSA) is 54.4 Å². The minimum atomic E-state index is -1.46. The van der Waals surface area contributed by atoms with E-state index in [-0.39, 0.29) is 5.56 Å². The van der Waals surface area contributed by atoms with Gasteiger partial charge in [-0.3, -0.25) is 8.42 Å². The fourth-order valence-electron chi connectivity index (χ4n) is 1.87. The lowest BCUT2D eigenvalue weighted by Crippen LogP contribution is -2.36. The Labute approximate surface area is 108 Å². The quantitative estimate of drug-likeness (QED) is 0.892. The zero-order chi connectivity index (χ0) is 13.3. The number of rotatable bonds is 2. The first-order valence-electron chi connectivity index (χ1n) is 5.38. The van der Waals surface area contributed by atoms with Gasteiger partial charge in [-0.05, 0) is 12.5 Å². The molecule has 1 aromatic rings. The zero-order valence-corrected chi connectivity index (χ0v) is 11.0. The van der Waals surface area contributed by atoms with Crippen LogP contribution in [-0.2, 0) is 21.6 Å². The van der Waals surface area contributed by atoms with Crippen LogP contribution in [0.4, 0.5) is 8.78 Å². The highest BCUT2D eigenvalue weighted by molar-refractivity contribution is 8.03. The molecule has 0 bridgehead atoms. The van der Waals surface area contributed by atoms with Crippen molar-refractivity contribution in [3.8, 4) is 0 Å². The van der Waals surface area contributed by atoms with Gasteiger partial charge in [0.25, 0.3) is 0 Å². The summed E-state index contributed by atoms with van der Waals surface area (Å²) in [5.74, 6) is -0.983. The fourth-order valence-corrected chi connectivity index (χ4v) is 5.78. The summed E-state index contributed by atoms with van der Waals surface area (Å²) in [6.07, 6.45) is -0.874. The molecule has 0 aromatic heterocycles. The Balaban J connectivity index is 2.32. The highest BCUT2D eigenvalue weighted by atomic mass is 32.2. The molecule has 0 spiro atoms. The van der Waals surface area contributed by atoms with Gasteiger partial charge in [0.05, 0.1) is 0 Å². The van der Waals surface area contributed by atoms with E-state index >= 15 is 0 Å². The molecule has 3 nitrogen and oxygen atoms in total. The molecule has 0 aliphatic carbocycles. The predicted molar refractivity (Wildman–Crippen MR) is 65.7 cm³/mol. The van der Waals surface area contributed by atoms with Gasteiger partial charge in [-0.2, -0.15) is 0 Å². The number of aliphatic hydroxyl groups is 1.